The smallest absolute Gasteiger partial charge is 0.0124 e. The van der Waals surface area contributed by atoms with Gasteiger partial charge in [0, 0.05) is 33.7 Å². The van der Waals surface area contributed by atoms with Crippen molar-refractivity contribution in [3.8, 4) is 0 Å². The van der Waals surface area contributed by atoms with Gasteiger partial charge in [-0.3, -0.25) is 0 Å². The Morgan fingerprint density at radius 2 is 2.12 bits per heavy atom. The molecule has 0 amide bonds. The summed E-state index contributed by atoms with van der Waals surface area (Å²) in [6.45, 7) is 3.60. The number of hydrogen-bond donors (Lipinski definition) is 0. The number of allylic oxidation sites excluding steroid dienone is 5. The Labute approximate surface area is 70.1 Å². The van der Waals surface area contributed by atoms with Crippen LogP contribution in [0.5, 0.6) is 0 Å². The van der Waals surface area contributed by atoms with Gasteiger partial charge >= 0.3 is 0 Å². The Bertz CT molecular complexity index is 131. The molecule has 0 unspecified atom stereocenters. The van der Waals surface area contributed by atoms with Gasteiger partial charge in [-0.1, -0.05) is 30.9 Å². The summed E-state index contributed by atoms with van der Waals surface area (Å²) < 4.78 is 0. The van der Waals surface area contributed by atoms with E-state index in [0.29, 0.717) is 0 Å². The molecular formula is C7H7Tl. The minimum Gasteiger partial charge on any atom is -0.0988 e. The van der Waals surface area contributed by atoms with Crippen molar-refractivity contribution >= 4 is 27.3 Å². The summed E-state index contributed by atoms with van der Waals surface area (Å²) in [4.78, 5) is 0. The molecule has 0 spiro atoms. The topological polar surface area (TPSA) is 0 Å². The van der Waals surface area contributed by atoms with E-state index in [2.05, 4.69) is 6.58 Å². The Balaban J connectivity index is 0.000000490. The molecule has 0 atom stereocenters. The zero-order chi connectivity index (χ0) is 5.11. The van der Waals surface area contributed by atoms with Crippen LogP contribution in [0.25, 0.3) is 0 Å². The number of hydrogen-bond acceptors (Lipinski definition) is 0. The summed E-state index contributed by atoms with van der Waals surface area (Å²) in [6.07, 6.45) is 9.87. The Kier molecular flexibility index (Phi) is 4.14. The van der Waals surface area contributed by atoms with E-state index in [4.69, 9.17) is 0 Å². The van der Waals surface area contributed by atoms with Crippen LogP contribution in [-0.2, 0) is 0 Å². The molecule has 0 nitrogen and oxygen atoms in total. The van der Waals surface area contributed by atoms with Crippen LogP contribution in [0.3, 0.4) is 0 Å². The largest absolute Gasteiger partial charge is 0.0988 e. The summed E-state index contributed by atoms with van der Waals surface area (Å²) in [6, 6.07) is 0. The molecule has 0 aromatic rings. The molecule has 0 N–H and O–H groups in total. The predicted molar refractivity (Wildman–Crippen MR) is 37.5 cm³/mol. The maximum absolute atomic E-state index is 3.60. The first kappa shape index (κ1) is 8.14. The molecule has 8 heavy (non-hydrogen) atoms. The third-order valence-corrected chi connectivity index (χ3v) is 0.924. The van der Waals surface area contributed by atoms with E-state index in [1.54, 1.807) is 0 Å². The fraction of sp³-hybridized carbons (Fsp3) is 0. The molecule has 1 aliphatic rings. The second kappa shape index (κ2) is 4.06. The molecule has 2 radical (unpaired) electrons. The van der Waals surface area contributed by atoms with Crippen LogP contribution in [0.1, 0.15) is 0 Å². The summed E-state index contributed by atoms with van der Waals surface area (Å²) >= 11 is 0. The molecular weight excluding hydrogens is 288 g/mol. The molecule has 0 fully saturated rings. The Hall–Kier alpha value is 0.142. The van der Waals surface area contributed by atoms with Crippen molar-refractivity contribution in [3.05, 3.63) is 42.9 Å². The minimum atomic E-state index is 0. The van der Waals surface area contributed by atoms with Gasteiger partial charge < -0.3 is 0 Å². The van der Waals surface area contributed by atoms with Crippen LogP contribution < -0.4 is 0 Å². The SMILES string of the molecule is C=CC1=CC=C[CH]1.[Tl]. The summed E-state index contributed by atoms with van der Waals surface area (Å²) in [5, 5.41) is 0. The van der Waals surface area contributed by atoms with Crippen molar-refractivity contribution in [2.24, 2.45) is 0 Å². The Morgan fingerprint density at radius 3 is 2.38 bits per heavy atom. The first-order valence-electron chi connectivity index (χ1n) is 2.27. The summed E-state index contributed by atoms with van der Waals surface area (Å²) in [7, 11) is 0. The van der Waals surface area contributed by atoms with E-state index >= 15 is 0 Å². The van der Waals surface area contributed by atoms with Crippen molar-refractivity contribution in [1.29, 1.82) is 0 Å². The second-order valence-electron chi connectivity index (χ2n) is 1.42. The molecule has 1 rings (SSSR count). The van der Waals surface area contributed by atoms with Crippen molar-refractivity contribution in [2.45, 2.75) is 0 Å². The van der Waals surface area contributed by atoms with E-state index in [1.165, 1.54) is 5.57 Å². The van der Waals surface area contributed by atoms with Gasteiger partial charge in [0.2, 0.25) is 0 Å². The molecule has 0 heterocycles. The molecule has 0 aromatic carbocycles. The van der Waals surface area contributed by atoms with Crippen LogP contribution in [0.2, 0.25) is 0 Å². The third kappa shape index (κ3) is 1.94. The van der Waals surface area contributed by atoms with E-state index < -0.39 is 0 Å². The van der Waals surface area contributed by atoms with Gasteiger partial charge in [0.1, 0.15) is 0 Å². The monoisotopic (exact) mass is 296 g/mol. The zero-order valence-corrected chi connectivity index (χ0v) is 9.16. The van der Waals surface area contributed by atoms with E-state index in [9.17, 15) is 0 Å². The van der Waals surface area contributed by atoms with Crippen LogP contribution >= 0.6 is 0 Å². The van der Waals surface area contributed by atoms with Gasteiger partial charge in [-0.25, -0.2) is 0 Å². The van der Waals surface area contributed by atoms with E-state index in [0.717, 1.165) is 0 Å². The van der Waals surface area contributed by atoms with Gasteiger partial charge in [-0.05, 0) is 5.57 Å². The molecule has 0 bridgehead atoms. The van der Waals surface area contributed by atoms with Crippen molar-refractivity contribution in [1.82, 2.24) is 0 Å². The van der Waals surface area contributed by atoms with Gasteiger partial charge in [-0.2, -0.15) is 0 Å². The third-order valence-electron chi connectivity index (χ3n) is 0.924. The maximum atomic E-state index is 3.60. The Morgan fingerprint density at radius 1 is 1.38 bits per heavy atom. The van der Waals surface area contributed by atoms with E-state index in [-0.39, 0.29) is 27.3 Å². The van der Waals surface area contributed by atoms with Gasteiger partial charge in [0.05, 0.1) is 0 Å². The molecule has 0 saturated carbocycles. The standard InChI is InChI=1S/C7H7.Tl/c1-2-7-5-3-4-6-7;/h2-6H,1H2;. The first-order chi connectivity index (χ1) is 3.43. The van der Waals surface area contributed by atoms with Gasteiger partial charge in [-0.15, -0.1) is 0 Å². The summed E-state index contributed by atoms with van der Waals surface area (Å²) in [5.74, 6) is 0. The molecule has 0 aromatic heterocycles. The molecule has 0 saturated heterocycles. The molecule has 38 valence electrons. The van der Waals surface area contributed by atoms with Crippen molar-refractivity contribution < 1.29 is 0 Å². The predicted octanol–water partition coefficient (Wildman–Crippen LogP) is 1.49. The fourth-order valence-corrected chi connectivity index (χ4v) is 0.525. The van der Waals surface area contributed by atoms with Crippen molar-refractivity contribution in [3.63, 3.8) is 0 Å². The van der Waals surface area contributed by atoms with Gasteiger partial charge in [0.25, 0.3) is 0 Å². The quantitative estimate of drug-likeness (QED) is 0.643. The average Bonchev–Trinajstić information content (AvgIpc) is 2.14. The molecule has 1 aliphatic carbocycles. The number of rotatable bonds is 1. The van der Waals surface area contributed by atoms with Gasteiger partial charge in [0.15, 0.2) is 0 Å². The average molecular weight is 296 g/mol. The first-order valence-corrected chi connectivity index (χ1v) is 2.27. The van der Waals surface area contributed by atoms with Crippen molar-refractivity contribution in [2.75, 3.05) is 0 Å². The van der Waals surface area contributed by atoms with Crippen LogP contribution in [0.4, 0.5) is 0 Å². The van der Waals surface area contributed by atoms with Crippen LogP contribution in [0.15, 0.2) is 36.5 Å². The minimum absolute atomic E-state index is 0. The molecule has 1 heteroatoms. The maximum Gasteiger partial charge on any atom is 0.0124 e. The second-order valence-corrected chi connectivity index (χ2v) is 1.42. The zero-order valence-electron chi connectivity index (χ0n) is 4.67. The normalized spacial score (nSPS) is 14.8. The van der Waals surface area contributed by atoms with Crippen LogP contribution in [-0.4, -0.2) is 27.3 Å². The summed E-state index contributed by atoms with van der Waals surface area (Å²) in [5.41, 5.74) is 1.19. The van der Waals surface area contributed by atoms with E-state index in [1.807, 2.05) is 30.7 Å². The molecule has 0 aliphatic heterocycles. The van der Waals surface area contributed by atoms with Crippen LogP contribution in [0, 0.1) is 6.42 Å². The fourth-order valence-electron chi connectivity index (χ4n) is 0.525.